The summed E-state index contributed by atoms with van der Waals surface area (Å²) in [4.78, 5) is 10.8. The second kappa shape index (κ2) is 6.05. The highest BCUT2D eigenvalue weighted by Gasteiger charge is 2.17. The summed E-state index contributed by atoms with van der Waals surface area (Å²) in [5, 5.41) is 16.9. The zero-order chi connectivity index (χ0) is 14.7. The van der Waals surface area contributed by atoms with Gasteiger partial charge in [-0.25, -0.2) is 4.79 Å². The number of hydrogen-bond acceptors (Lipinski definition) is 5. The lowest BCUT2D eigenvalue weighted by atomic mass is 10.1. The maximum absolute atomic E-state index is 10.8. The molecule has 1 fully saturated rings. The highest BCUT2D eigenvalue weighted by molar-refractivity contribution is 5.88. The van der Waals surface area contributed by atoms with E-state index in [0.29, 0.717) is 24.3 Å². The normalized spacial score (nSPS) is 18.0. The van der Waals surface area contributed by atoms with Crippen LogP contribution in [0.5, 0.6) is 0 Å². The first-order valence-electron chi connectivity index (χ1n) is 7.00. The van der Waals surface area contributed by atoms with E-state index >= 15 is 0 Å². The molecule has 1 aliphatic rings. The van der Waals surface area contributed by atoms with Crippen LogP contribution in [0.2, 0.25) is 0 Å². The molecule has 1 aliphatic heterocycles. The number of aromatic carboxylic acids is 1. The molecule has 1 N–H and O–H groups in total. The Morgan fingerprint density at radius 1 is 1.29 bits per heavy atom. The summed E-state index contributed by atoms with van der Waals surface area (Å²) in [6, 6.07) is 6.38. The highest BCUT2D eigenvalue weighted by atomic mass is 16.5. The molecule has 2 aromatic rings. The summed E-state index contributed by atoms with van der Waals surface area (Å²) in [6.45, 7) is 0.843. The SMILES string of the molecule is O=C(O)c1ccc(-c2nnc(CCC3CCCO3)o2)cc1. The fourth-order valence-corrected chi connectivity index (χ4v) is 2.38. The molecule has 3 rings (SSSR count). The van der Waals surface area contributed by atoms with E-state index in [1.165, 1.54) is 12.1 Å². The van der Waals surface area contributed by atoms with Crippen molar-refractivity contribution in [2.45, 2.75) is 31.8 Å². The van der Waals surface area contributed by atoms with E-state index in [4.69, 9.17) is 14.3 Å². The number of carboxylic acids is 1. The molecule has 0 saturated carbocycles. The zero-order valence-electron chi connectivity index (χ0n) is 11.5. The van der Waals surface area contributed by atoms with Crippen LogP contribution in [0.3, 0.4) is 0 Å². The molecule has 0 amide bonds. The molecule has 1 unspecified atom stereocenters. The smallest absolute Gasteiger partial charge is 0.335 e. The standard InChI is InChI=1S/C15H16N2O4/c18-15(19)11-5-3-10(4-6-11)14-17-16-13(21-14)8-7-12-2-1-9-20-12/h3-6,12H,1-2,7-9H2,(H,18,19). The third kappa shape index (κ3) is 3.28. The van der Waals surface area contributed by atoms with Crippen LogP contribution < -0.4 is 0 Å². The summed E-state index contributed by atoms with van der Waals surface area (Å²) in [6.07, 6.45) is 4.10. The van der Waals surface area contributed by atoms with Crippen molar-refractivity contribution in [3.05, 3.63) is 35.7 Å². The van der Waals surface area contributed by atoms with Gasteiger partial charge in [0.05, 0.1) is 11.7 Å². The Balaban J connectivity index is 1.64. The third-order valence-electron chi connectivity index (χ3n) is 3.55. The predicted molar refractivity (Wildman–Crippen MR) is 74.0 cm³/mol. The number of rotatable bonds is 5. The van der Waals surface area contributed by atoms with E-state index in [9.17, 15) is 4.79 Å². The van der Waals surface area contributed by atoms with Crippen molar-refractivity contribution in [1.82, 2.24) is 10.2 Å². The maximum Gasteiger partial charge on any atom is 0.335 e. The van der Waals surface area contributed by atoms with Crippen molar-refractivity contribution in [2.24, 2.45) is 0 Å². The van der Waals surface area contributed by atoms with Crippen LogP contribution in [0, 0.1) is 0 Å². The van der Waals surface area contributed by atoms with Gasteiger partial charge in [-0.3, -0.25) is 0 Å². The van der Waals surface area contributed by atoms with Gasteiger partial charge >= 0.3 is 5.97 Å². The van der Waals surface area contributed by atoms with E-state index < -0.39 is 5.97 Å². The first-order chi connectivity index (χ1) is 10.2. The monoisotopic (exact) mass is 288 g/mol. The van der Waals surface area contributed by atoms with Crippen LogP contribution in [-0.4, -0.2) is 34.0 Å². The van der Waals surface area contributed by atoms with Crippen LogP contribution >= 0.6 is 0 Å². The number of nitrogens with zero attached hydrogens (tertiary/aromatic N) is 2. The average molecular weight is 288 g/mol. The van der Waals surface area contributed by atoms with Crippen LogP contribution in [0.1, 0.15) is 35.5 Å². The summed E-state index contributed by atoms with van der Waals surface area (Å²) in [7, 11) is 0. The number of benzene rings is 1. The van der Waals surface area contributed by atoms with Crippen molar-refractivity contribution in [2.75, 3.05) is 6.61 Å². The van der Waals surface area contributed by atoms with Crippen molar-refractivity contribution in [3.63, 3.8) is 0 Å². The number of hydrogen-bond donors (Lipinski definition) is 1. The first-order valence-corrected chi connectivity index (χ1v) is 7.00. The molecule has 6 nitrogen and oxygen atoms in total. The van der Waals surface area contributed by atoms with Gasteiger partial charge in [0.1, 0.15) is 0 Å². The van der Waals surface area contributed by atoms with Gasteiger partial charge in [0.25, 0.3) is 0 Å². The molecule has 21 heavy (non-hydrogen) atoms. The van der Waals surface area contributed by atoms with Gasteiger partial charge in [-0.05, 0) is 43.5 Å². The maximum atomic E-state index is 10.8. The summed E-state index contributed by atoms with van der Waals surface area (Å²) < 4.78 is 11.2. The van der Waals surface area contributed by atoms with Gasteiger partial charge in [-0.2, -0.15) is 0 Å². The van der Waals surface area contributed by atoms with Crippen LogP contribution in [-0.2, 0) is 11.2 Å². The minimum Gasteiger partial charge on any atom is -0.478 e. The fourth-order valence-electron chi connectivity index (χ4n) is 2.38. The third-order valence-corrected chi connectivity index (χ3v) is 3.55. The predicted octanol–water partition coefficient (Wildman–Crippen LogP) is 2.55. The van der Waals surface area contributed by atoms with Gasteiger partial charge in [0, 0.05) is 18.6 Å². The fraction of sp³-hybridized carbons (Fsp3) is 0.400. The Labute approximate surface area is 121 Å². The van der Waals surface area contributed by atoms with E-state index in [1.54, 1.807) is 12.1 Å². The van der Waals surface area contributed by atoms with Crippen molar-refractivity contribution >= 4 is 5.97 Å². The summed E-state index contributed by atoms with van der Waals surface area (Å²) in [5.74, 6) is 0.0430. The second-order valence-corrected chi connectivity index (χ2v) is 5.06. The van der Waals surface area contributed by atoms with E-state index in [-0.39, 0.29) is 5.56 Å². The highest BCUT2D eigenvalue weighted by Crippen LogP contribution is 2.21. The van der Waals surface area contributed by atoms with Crippen molar-refractivity contribution in [1.29, 1.82) is 0 Å². The lowest BCUT2D eigenvalue weighted by Crippen LogP contribution is -2.06. The van der Waals surface area contributed by atoms with E-state index in [2.05, 4.69) is 10.2 Å². The molecule has 1 aromatic carbocycles. The first kappa shape index (κ1) is 13.8. The molecule has 0 radical (unpaired) electrons. The molecule has 1 saturated heterocycles. The number of carbonyl (C=O) groups is 1. The molecule has 2 heterocycles. The van der Waals surface area contributed by atoms with Gasteiger partial charge in [-0.15, -0.1) is 10.2 Å². The second-order valence-electron chi connectivity index (χ2n) is 5.06. The molecule has 1 aromatic heterocycles. The van der Waals surface area contributed by atoms with Gasteiger partial charge < -0.3 is 14.3 Å². The van der Waals surface area contributed by atoms with Crippen LogP contribution in [0.4, 0.5) is 0 Å². The molecular weight excluding hydrogens is 272 g/mol. The minimum absolute atomic E-state index is 0.233. The molecule has 0 bridgehead atoms. The molecule has 6 heteroatoms. The Kier molecular flexibility index (Phi) is 3.96. The van der Waals surface area contributed by atoms with Crippen LogP contribution in [0.25, 0.3) is 11.5 Å². The quantitative estimate of drug-likeness (QED) is 0.910. The molecule has 1 atom stereocenters. The molecule has 0 spiro atoms. The number of ether oxygens (including phenoxy) is 1. The molecule has 110 valence electrons. The summed E-state index contributed by atoms with van der Waals surface area (Å²) in [5.41, 5.74) is 0.952. The zero-order valence-corrected chi connectivity index (χ0v) is 11.5. The van der Waals surface area contributed by atoms with Crippen molar-refractivity contribution < 1.29 is 19.1 Å². The Morgan fingerprint density at radius 2 is 2.10 bits per heavy atom. The van der Waals surface area contributed by atoms with Crippen LogP contribution in [0.15, 0.2) is 28.7 Å². The average Bonchev–Trinajstić information content (AvgIpc) is 3.17. The van der Waals surface area contributed by atoms with Gasteiger partial charge in [0.2, 0.25) is 11.8 Å². The topological polar surface area (TPSA) is 85.5 Å². The van der Waals surface area contributed by atoms with E-state index in [1.807, 2.05) is 0 Å². The van der Waals surface area contributed by atoms with Gasteiger partial charge in [0.15, 0.2) is 0 Å². The Bertz CT molecular complexity index is 615. The van der Waals surface area contributed by atoms with Gasteiger partial charge in [-0.1, -0.05) is 0 Å². The lowest BCUT2D eigenvalue weighted by Gasteiger charge is -2.05. The molecular formula is C15H16N2O4. The number of carboxylic acid groups (broad SMARTS) is 1. The summed E-state index contributed by atoms with van der Waals surface area (Å²) >= 11 is 0. The minimum atomic E-state index is -0.954. The van der Waals surface area contributed by atoms with Crippen molar-refractivity contribution in [3.8, 4) is 11.5 Å². The Hall–Kier alpha value is -2.21. The Morgan fingerprint density at radius 3 is 2.76 bits per heavy atom. The number of aryl methyl sites for hydroxylation is 1. The number of aromatic nitrogens is 2. The molecule has 0 aliphatic carbocycles. The largest absolute Gasteiger partial charge is 0.478 e. The lowest BCUT2D eigenvalue weighted by molar-refractivity contribution is 0.0697. The van der Waals surface area contributed by atoms with E-state index in [0.717, 1.165) is 31.4 Å².